The van der Waals surface area contributed by atoms with Crippen LogP contribution in [-0.4, -0.2) is 52.7 Å². The van der Waals surface area contributed by atoms with E-state index in [1.54, 1.807) is 26.0 Å². The van der Waals surface area contributed by atoms with Crippen LogP contribution in [0.5, 0.6) is 0 Å². The highest BCUT2D eigenvalue weighted by Gasteiger charge is 2.45. The van der Waals surface area contributed by atoms with Crippen LogP contribution in [0.3, 0.4) is 0 Å². The number of carbonyl (C=O) groups is 4. The Hall–Kier alpha value is -2.94. The van der Waals surface area contributed by atoms with Gasteiger partial charge in [-0.15, -0.1) is 5.06 Å². The number of hydrogen-bond acceptors (Lipinski definition) is 7. The van der Waals surface area contributed by atoms with Crippen LogP contribution >= 0.6 is 0 Å². The minimum atomic E-state index is -1.05. The standard InChI is InChI=1S/C19H22N2O7/c1-12-13(2)27-11-20(19(25)26-10-14-6-4-3-5-7-14)17(12)18(24)28-21-15(22)8-9-16(21)23/h3-7,12-13,17H,8-11H2,1-2H3/t12-,13-,17-/m0/s1. The Morgan fingerprint density at radius 1 is 1.11 bits per heavy atom. The van der Waals surface area contributed by atoms with Gasteiger partial charge in [-0.2, -0.15) is 0 Å². The monoisotopic (exact) mass is 390 g/mol. The van der Waals surface area contributed by atoms with Crippen LogP contribution in [0.15, 0.2) is 30.3 Å². The quantitative estimate of drug-likeness (QED) is 0.720. The Kier molecular flexibility index (Phi) is 5.93. The van der Waals surface area contributed by atoms with Crippen molar-refractivity contribution in [2.75, 3.05) is 6.73 Å². The first-order valence-corrected chi connectivity index (χ1v) is 9.05. The number of benzene rings is 1. The van der Waals surface area contributed by atoms with Gasteiger partial charge in [-0.1, -0.05) is 37.3 Å². The number of rotatable bonds is 4. The van der Waals surface area contributed by atoms with Crippen LogP contribution < -0.4 is 0 Å². The van der Waals surface area contributed by atoms with E-state index in [-0.39, 0.29) is 32.3 Å². The molecule has 0 radical (unpaired) electrons. The second kappa shape index (κ2) is 8.39. The molecule has 1 aromatic rings. The van der Waals surface area contributed by atoms with Gasteiger partial charge in [-0.05, 0) is 12.5 Å². The van der Waals surface area contributed by atoms with Crippen molar-refractivity contribution in [1.82, 2.24) is 9.96 Å². The average Bonchev–Trinajstić information content (AvgIpc) is 3.00. The number of hydroxylamine groups is 2. The molecule has 0 saturated carbocycles. The Morgan fingerprint density at radius 2 is 1.75 bits per heavy atom. The van der Waals surface area contributed by atoms with E-state index in [1.165, 1.54) is 0 Å². The summed E-state index contributed by atoms with van der Waals surface area (Å²) in [7, 11) is 0. The third-order valence-electron chi connectivity index (χ3n) is 4.92. The average molecular weight is 390 g/mol. The topological polar surface area (TPSA) is 102 Å². The molecular formula is C19H22N2O7. The fraction of sp³-hybridized carbons (Fsp3) is 0.474. The number of ether oxygens (including phenoxy) is 2. The fourth-order valence-corrected chi connectivity index (χ4v) is 3.08. The second-order valence-corrected chi connectivity index (χ2v) is 6.81. The third-order valence-corrected chi connectivity index (χ3v) is 4.92. The van der Waals surface area contributed by atoms with Gasteiger partial charge in [0.1, 0.15) is 19.4 Å². The summed E-state index contributed by atoms with van der Waals surface area (Å²) in [5.41, 5.74) is 0.794. The molecule has 2 saturated heterocycles. The fourth-order valence-electron chi connectivity index (χ4n) is 3.08. The molecule has 3 amide bonds. The predicted octanol–water partition coefficient (Wildman–Crippen LogP) is 1.61. The molecule has 9 heteroatoms. The van der Waals surface area contributed by atoms with Crippen LogP contribution in [-0.2, 0) is 35.3 Å². The highest BCUT2D eigenvalue weighted by atomic mass is 16.7. The minimum absolute atomic E-state index is 0.00528. The number of imide groups is 1. The van der Waals surface area contributed by atoms with Gasteiger partial charge >= 0.3 is 12.1 Å². The van der Waals surface area contributed by atoms with Crippen molar-refractivity contribution in [2.24, 2.45) is 5.92 Å². The molecule has 3 rings (SSSR count). The van der Waals surface area contributed by atoms with Gasteiger partial charge in [0.05, 0.1) is 6.10 Å². The third kappa shape index (κ3) is 4.14. The number of hydrogen-bond donors (Lipinski definition) is 0. The van der Waals surface area contributed by atoms with Crippen molar-refractivity contribution >= 4 is 23.9 Å². The van der Waals surface area contributed by atoms with Crippen molar-refractivity contribution in [1.29, 1.82) is 0 Å². The van der Waals surface area contributed by atoms with Gasteiger partial charge in [0.15, 0.2) is 0 Å². The van der Waals surface area contributed by atoms with Gasteiger partial charge in [0.2, 0.25) is 0 Å². The lowest BCUT2D eigenvalue weighted by atomic mass is 9.94. The molecule has 0 unspecified atom stereocenters. The normalized spacial score (nSPS) is 25.0. The molecule has 0 aliphatic carbocycles. The Labute approximate surface area is 162 Å². The zero-order chi connectivity index (χ0) is 20.3. The zero-order valence-corrected chi connectivity index (χ0v) is 15.7. The Balaban J connectivity index is 1.70. The molecular weight excluding hydrogens is 368 g/mol. The lowest BCUT2D eigenvalue weighted by molar-refractivity contribution is -0.209. The highest BCUT2D eigenvalue weighted by Crippen LogP contribution is 2.26. The molecule has 2 fully saturated rings. The van der Waals surface area contributed by atoms with E-state index in [4.69, 9.17) is 14.3 Å². The summed E-state index contributed by atoms with van der Waals surface area (Å²) in [5.74, 6) is -2.46. The molecule has 0 N–H and O–H groups in total. The van der Waals surface area contributed by atoms with Crippen LogP contribution in [0.4, 0.5) is 4.79 Å². The van der Waals surface area contributed by atoms with E-state index in [9.17, 15) is 19.2 Å². The van der Waals surface area contributed by atoms with Crippen LogP contribution in [0.2, 0.25) is 0 Å². The second-order valence-electron chi connectivity index (χ2n) is 6.81. The van der Waals surface area contributed by atoms with Crippen molar-refractivity contribution < 1.29 is 33.5 Å². The molecule has 2 heterocycles. The summed E-state index contributed by atoms with van der Waals surface area (Å²) in [4.78, 5) is 54.9. The summed E-state index contributed by atoms with van der Waals surface area (Å²) < 4.78 is 10.8. The van der Waals surface area contributed by atoms with Crippen LogP contribution in [0, 0.1) is 5.92 Å². The van der Waals surface area contributed by atoms with E-state index >= 15 is 0 Å². The van der Waals surface area contributed by atoms with Crippen molar-refractivity contribution in [3.63, 3.8) is 0 Å². The van der Waals surface area contributed by atoms with Gasteiger partial charge in [-0.3, -0.25) is 14.5 Å². The summed E-state index contributed by atoms with van der Waals surface area (Å²) >= 11 is 0. The molecule has 1 aromatic carbocycles. The maximum atomic E-state index is 12.7. The first-order chi connectivity index (χ1) is 13.4. The van der Waals surface area contributed by atoms with Crippen molar-refractivity contribution in [3.8, 4) is 0 Å². The van der Waals surface area contributed by atoms with Gasteiger partial charge < -0.3 is 14.3 Å². The van der Waals surface area contributed by atoms with E-state index in [0.717, 1.165) is 10.5 Å². The summed E-state index contributed by atoms with van der Waals surface area (Å²) in [5, 5.41) is 0.475. The van der Waals surface area contributed by atoms with Crippen LogP contribution in [0.25, 0.3) is 0 Å². The first kappa shape index (κ1) is 19.8. The molecule has 2 aliphatic heterocycles. The van der Waals surface area contributed by atoms with E-state index < -0.39 is 35.8 Å². The number of nitrogens with zero attached hydrogens (tertiary/aromatic N) is 2. The lowest BCUT2D eigenvalue weighted by Gasteiger charge is -2.40. The zero-order valence-electron chi connectivity index (χ0n) is 15.7. The Bertz CT molecular complexity index is 751. The first-order valence-electron chi connectivity index (χ1n) is 9.05. The molecule has 0 aromatic heterocycles. The largest absolute Gasteiger partial charge is 0.444 e. The summed E-state index contributed by atoms with van der Waals surface area (Å²) in [6.45, 7) is 3.36. The predicted molar refractivity (Wildman–Crippen MR) is 94.0 cm³/mol. The molecule has 2 aliphatic rings. The smallest absolute Gasteiger partial charge is 0.412 e. The van der Waals surface area contributed by atoms with E-state index in [2.05, 4.69) is 0 Å². The lowest BCUT2D eigenvalue weighted by Crippen LogP contribution is -2.58. The van der Waals surface area contributed by atoms with Crippen LogP contribution in [0.1, 0.15) is 32.3 Å². The Morgan fingerprint density at radius 3 is 2.39 bits per heavy atom. The van der Waals surface area contributed by atoms with Crippen molar-refractivity contribution in [3.05, 3.63) is 35.9 Å². The van der Waals surface area contributed by atoms with Crippen molar-refractivity contribution in [2.45, 2.75) is 45.4 Å². The maximum absolute atomic E-state index is 12.7. The molecule has 3 atom stereocenters. The summed E-state index contributed by atoms with van der Waals surface area (Å²) in [6, 6.07) is 8.05. The minimum Gasteiger partial charge on any atom is -0.444 e. The van der Waals surface area contributed by atoms with Gasteiger partial charge in [-0.25, -0.2) is 9.59 Å². The summed E-state index contributed by atoms with van der Waals surface area (Å²) in [6.07, 6.45) is -1.09. The maximum Gasteiger partial charge on any atom is 0.412 e. The molecule has 28 heavy (non-hydrogen) atoms. The molecule has 150 valence electrons. The van der Waals surface area contributed by atoms with Gasteiger partial charge in [0, 0.05) is 18.8 Å². The van der Waals surface area contributed by atoms with E-state index in [1.807, 2.05) is 18.2 Å². The van der Waals surface area contributed by atoms with Gasteiger partial charge in [0.25, 0.3) is 11.8 Å². The molecule has 0 spiro atoms. The number of carbonyl (C=O) groups excluding carboxylic acids is 4. The van der Waals surface area contributed by atoms with E-state index in [0.29, 0.717) is 5.06 Å². The SMILES string of the molecule is C[C@H]1[C@H](C)OCN(C(=O)OCc2ccccc2)[C@@H]1C(=O)ON1C(=O)CCC1=O. The number of amides is 3. The highest BCUT2D eigenvalue weighted by molar-refractivity contribution is 6.01. The molecule has 9 nitrogen and oxygen atoms in total. The molecule has 0 bridgehead atoms.